The van der Waals surface area contributed by atoms with Crippen LogP contribution in [-0.4, -0.2) is 22.2 Å². The molecular formula is C24H20ClN3O3. The summed E-state index contributed by atoms with van der Waals surface area (Å²) in [6, 6.07) is 24.2. The fourth-order valence-corrected chi connectivity index (χ4v) is 3.42. The third kappa shape index (κ3) is 4.92. The number of ether oxygens (including phenoxy) is 1. The number of aryl methyl sites for hydroxylation is 2. The van der Waals surface area contributed by atoms with Crippen LogP contribution in [0, 0.1) is 0 Å². The normalized spacial score (nSPS) is 11.3. The lowest BCUT2D eigenvalue weighted by Gasteiger charge is -2.07. The second-order valence-electron chi connectivity index (χ2n) is 6.91. The van der Waals surface area contributed by atoms with E-state index in [0.29, 0.717) is 17.3 Å². The fraction of sp³-hybridized carbons (Fsp3) is 0.125. The highest BCUT2D eigenvalue weighted by molar-refractivity contribution is 6.30. The van der Waals surface area contributed by atoms with Crippen molar-refractivity contribution in [3.63, 3.8) is 0 Å². The third-order valence-corrected chi connectivity index (χ3v) is 5.07. The number of rotatable bonds is 7. The zero-order valence-corrected chi connectivity index (χ0v) is 17.4. The first-order valence-corrected chi connectivity index (χ1v) is 10.2. The van der Waals surface area contributed by atoms with E-state index in [4.69, 9.17) is 16.3 Å². The minimum absolute atomic E-state index is 0.0210. The molecule has 1 N–H and O–H groups in total. The number of aromatic nitrogens is 1. The maximum absolute atomic E-state index is 12.1. The Labute approximate surface area is 184 Å². The van der Waals surface area contributed by atoms with Crippen LogP contribution in [0.25, 0.3) is 10.9 Å². The predicted octanol–water partition coefficient (Wildman–Crippen LogP) is 5.93. The maximum atomic E-state index is 12.1. The van der Waals surface area contributed by atoms with Crippen LogP contribution in [-0.2, 0) is 17.8 Å². The fourth-order valence-electron chi connectivity index (χ4n) is 3.29. The second kappa shape index (κ2) is 9.45. The molecule has 0 fully saturated rings. The van der Waals surface area contributed by atoms with Crippen LogP contribution in [0.15, 0.2) is 89.1 Å². The van der Waals surface area contributed by atoms with Crippen LogP contribution in [0.4, 0.5) is 5.69 Å². The number of benzene rings is 3. The van der Waals surface area contributed by atoms with Crippen molar-refractivity contribution in [2.75, 3.05) is 6.61 Å². The highest BCUT2D eigenvalue weighted by atomic mass is 35.5. The van der Waals surface area contributed by atoms with Gasteiger partial charge in [-0.15, -0.1) is 10.2 Å². The van der Waals surface area contributed by atoms with E-state index in [1.807, 2.05) is 54.6 Å². The topological polar surface area (TPSA) is 76.2 Å². The number of halogens is 1. The molecule has 1 heterocycles. The van der Waals surface area contributed by atoms with Crippen LogP contribution < -0.4 is 4.74 Å². The van der Waals surface area contributed by atoms with E-state index in [-0.39, 0.29) is 18.2 Å². The van der Waals surface area contributed by atoms with Gasteiger partial charge in [-0.2, -0.15) is 0 Å². The Morgan fingerprint density at radius 3 is 2.45 bits per heavy atom. The van der Waals surface area contributed by atoms with Crippen molar-refractivity contribution in [2.45, 2.75) is 13.0 Å². The summed E-state index contributed by atoms with van der Waals surface area (Å²) in [5.74, 6) is -0.0731. The number of para-hydroxylation sites is 1. The molecule has 0 saturated carbocycles. The zero-order chi connectivity index (χ0) is 21.6. The molecule has 0 aliphatic heterocycles. The minimum Gasteiger partial charge on any atom is -0.493 e. The lowest BCUT2D eigenvalue weighted by molar-refractivity contribution is -0.120. The van der Waals surface area contributed by atoms with Crippen molar-refractivity contribution in [3.8, 4) is 11.6 Å². The molecule has 0 unspecified atom stereocenters. The SMILES string of the molecule is O=C(COc1ccc(Cl)cc1)N=Nc1c(O)n(CCc2ccccc2)c2ccccc12. The van der Waals surface area contributed by atoms with E-state index in [0.717, 1.165) is 22.9 Å². The van der Waals surface area contributed by atoms with E-state index in [1.165, 1.54) is 0 Å². The van der Waals surface area contributed by atoms with Crippen molar-refractivity contribution in [1.29, 1.82) is 0 Å². The predicted molar refractivity (Wildman–Crippen MR) is 120 cm³/mol. The number of nitrogens with zero attached hydrogens (tertiary/aromatic N) is 3. The molecule has 31 heavy (non-hydrogen) atoms. The van der Waals surface area contributed by atoms with Crippen LogP contribution in [0.3, 0.4) is 0 Å². The highest BCUT2D eigenvalue weighted by Crippen LogP contribution is 2.38. The molecule has 4 aromatic rings. The molecule has 3 aromatic carbocycles. The molecule has 0 atom stereocenters. The molecule has 1 amide bonds. The minimum atomic E-state index is -0.560. The van der Waals surface area contributed by atoms with Crippen molar-refractivity contribution in [2.24, 2.45) is 10.2 Å². The van der Waals surface area contributed by atoms with Gasteiger partial charge in [0.2, 0.25) is 5.88 Å². The summed E-state index contributed by atoms with van der Waals surface area (Å²) in [6.07, 6.45) is 0.748. The van der Waals surface area contributed by atoms with Crippen LogP contribution >= 0.6 is 11.6 Å². The van der Waals surface area contributed by atoms with E-state index < -0.39 is 5.91 Å². The number of azo groups is 1. The standard InChI is InChI=1S/C24H20ClN3O3/c25-18-10-12-19(13-11-18)31-16-22(29)26-27-23-20-8-4-5-9-21(20)28(24(23)30)15-14-17-6-2-1-3-7-17/h1-13,30H,14-16H2. The number of aromatic hydroxyl groups is 1. The van der Waals surface area contributed by atoms with Crippen molar-refractivity contribution >= 4 is 34.1 Å². The summed E-state index contributed by atoms with van der Waals surface area (Å²) >= 11 is 5.83. The molecule has 0 spiro atoms. The molecule has 0 saturated heterocycles. The Hall–Kier alpha value is -3.64. The number of carbonyl (C=O) groups excluding carboxylic acids is 1. The lowest BCUT2D eigenvalue weighted by atomic mass is 10.1. The first kappa shape index (κ1) is 20.6. The Morgan fingerprint density at radius 1 is 0.968 bits per heavy atom. The van der Waals surface area contributed by atoms with Gasteiger partial charge in [0.25, 0.3) is 0 Å². The van der Waals surface area contributed by atoms with Crippen molar-refractivity contribution in [3.05, 3.63) is 89.4 Å². The van der Waals surface area contributed by atoms with Gasteiger partial charge in [0.1, 0.15) is 5.75 Å². The first-order valence-electron chi connectivity index (χ1n) is 9.79. The van der Waals surface area contributed by atoms with Gasteiger partial charge in [-0.05, 0) is 42.3 Å². The van der Waals surface area contributed by atoms with Gasteiger partial charge >= 0.3 is 5.91 Å². The maximum Gasteiger partial charge on any atom is 0.302 e. The van der Waals surface area contributed by atoms with Gasteiger partial charge in [-0.25, -0.2) is 0 Å². The second-order valence-corrected chi connectivity index (χ2v) is 7.35. The third-order valence-electron chi connectivity index (χ3n) is 4.82. The molecule has 0 bridgehead atoms. The summed E-state index contributed by atoms with van der Waals surface area (Å²) in [5, 5.41) is 19.9. The first-order chi connectivity index (χ1) is 15.1. The molecule has 6 nitrogen and oxygen atoms in total. The van der Waals surface area contributed by atoms with Crippen LogP contribution in [0.1, 0.15) is 5.56 Å². The Balaban J connectivity index is 1.51. The van der Waals surface area contributed by atoms with Crippen LogP contribution in [0.5, 0.6) is 11.6 Å². The molecule has 1 aromatic heterocycles. The Bertz CT molecular complexity index is 1220. The average molecular weight is 434 g/mol. The van der Waals surface area contributed by atoms with E-state index >= 15 is 0 Å². The van der Waals surface area contributed by atoms with Gasteiger partial charge < -0.3 is 14.4 Å². The molecule has 0 aliphatic rings. The smallest absolute Gasteiger partial charge is 0.302 e. The largest absolute Gasteiger partial charge is 0.493 e. The van der Waals surface area contributed by atoms with Gasteiger partial charge in [0.05, 0.1) is 5.52 Å². The zero-order valence-electron chi connectivity index (χ0n) is 16.6. The number of hydrogen-bond donors (Lipinski definition) is 1. The Kier molecular flexibility index (Phi) is 6.29. The number of hydrogen-bond acceptors (Lipinski definition) is 4. The lowest BCUT2D eigenvalue weighted by Crippen LogP contribution is -2.07. The summed E-state index contributed by atoms with van der Waals surface area (Å²) in [5.41, 5.74) is 2.26. The summed E-state index contributed by atoms with van der Waals surface area (Å²) in [7, 11) is 0. The molecular weight excluding hydrogens is 414 g/mol. The average Bonchev–Trinajstić information content (AvgIpc) is 3.07. The summed E-state index contributed by atoms with van der Waals surface area (Å²) in [4.78, 5) is 12.1. The highest BCUT2D eigenvalue weighted by Gasteiger charge is 2.16. The molecule has 156 valence electrons. The van der Waals surface area contributed by atoms with Crippen molar-refractivity contribution in [1.82, 2.24) is 4.57 Å². The Morgan fingerprint density at radius 2 is 1.68 bits per heavy atom. The van der Waals surface area contributed by atoms with E-state index in [2.05, 4.69) is 10.2 Å². The molecule has 0 aliphatic carbocycles. The molecule has 7 heteroatoms. The van der Waals surface area contributed by atoms with Crippen LogP contribution in [0.2, 0.25) is 5.02 Å². The van der Waals surface area contributed by atoms with Gasteiger partial charge in [-0.3, -0.25) is 4.79 Å². The number of fused-ring (bicyclic) bond motifs is 1. The molecule has 4 rings (SSSR count). The monoisotopic (exact) mass is 433 g/mol. The summed E-state index contributed by atoms with van der Waals surface area (Å²) < 4.78 is 7.18. The van der Waals surface area contributed by atoms with Gasteiger partial charge in [0.15, 0.2) is 12.3 Å². The van der Waals surface area contributed by atoms with Crippen molar-refractivity contribution < 1.29 is 14.6 Å². The number of carbonyl (C=O) groups is 1. The van der Waals surface area contributed by atoms with Gasteiger partial charge in [-0.1, -0.05) is 60.1 Å². The number of amides is 1. The quantitative estimate of drug-likeness (QED) is 0.367. The van der Waals surface area contributed by atoms with E-state index in [1.54, 1.807) is 28.8 Å². The molecule has 0 radical (unpaired) electrons. The van der Waals surface area contributed by atoms with Gasteiger partial charge in [0, 0.05) is 17.0 Å². The summed E-state index contributed by atoms with van der Waals surface area (Å²) in [6.45, 7) is 0.304. The van der Waals surface area contributed by atoms with E-state index in [9.17, 15) is 9.90 Å².